The van der Waals surface area contributed by atoms with E-state index in [0.717, 1.165) is 6.92 Å². The molecule has 0 rings (SSSR count). The molecule has 4 N–H and O–H groups in total. The summed E-state index contributed by atoms with van der Waals surface area (Å²) < 4.78 is 32.4. The van der Waals surface area contributed by atoms with Gasteiger partial charge in [0.15, 0.2) is 12.4 Å². The maximum absolute atomic E-state index is 10.3. The molecule has 9 heteroatoms. The first-order valence-electron chi connectivity index (χ1n) is 3.84. The predicted molar refractivity (Wildman–Crippen MR) is 46.2 cm³/mol. The smallest absolute Gasteiger partial charge is 0.391 e. The van der Waals surface area contributed by atoms with E-state index in [-0.39, 0.29) is 6.29 Å². The van der Waals surface area contributed by atoms with Crippen LogP contribution in [-0.2, 0) is 19.4 Å². The molecule has 0 heterocycles. The molecule has 90 valence electrons. The molecule has 0 amide bonds. The molecule has 0 aliphatic carbocycles. The van der Waals surface area contributed by atoms with Crippen molar-refractivity contribution in [1.82, 2.24) is 0 Å². The van der Waals surface area contributed by atoms with Crippen molar-refractivity contribution in [2.45, 2.75) is 31.3 Å². The van der Waals surface area contributed by atoms with Crippen LogP contribution in [0.2, 0.25) is 0 Å². The second kappa shape index (κ2) is 5.49. The monoisotopic (exact) mass is 244 g/mol. The van der Waals surface area contributed by atoms with Crippen molar-refractivity contribution in [3.05, 3.63) is 0 Å². The van der Waals surface area contributed by atoms with Crippen molar-refractivity contribution in [2.75, 3.05) is 0 Å². The lowest BCUT2D eigenvalue weighted by atomic mass is 10.1. The van der Waals surface area contributed by atoms with Gasteiger partial charge in [-0.1, -0.05) is 0 Å². The number of carbonyl (C=O) groups is 1. The van der Waals surface area contributed by atoms with Crippen LogP contribution in [0.4, 0.5) is 0 Å². The normalized spacial score (nSPS) is 20.3. The molecule has 0 aliphatic rings. The fourth-order valence-electron chi connectivity index (χ4n) is 0.780. The van der Waals surface area contributed by atoms with Gasteiger partial charge in [0, 0.05) is 0 Å². The molecule has 0 aromatic rings. The lowest BCUT2D eigenvalue weighted by Crippen LogP contribution is -2.45. The Bertz CT molecular complexity index is 296. The Balaban J connectivity index is 4.61. The van der Waals surface area contributed by atoms with Crippen LogP contribution in [0, 0.1) is 0 Å². The number of hydrogen-bond donors (Lipinski definition) is 4. The number of aliphatic hydroxyl groups is 3. The quantitative estimate of drug-likeness (QED) is 0.296. The highest BCUT2D eigenvalue weighted by Gasteiger charge is 2.32. The van der Waals surface area contributed by atoms with Crippen LogP contribution >= 0.6 is 0 Å². The maximum Gasteiger partial charge on any atom is 0.398 e. The van der Waals surface area contributed by atoms with E-state index in [1.165, 1.54) is 0 Å². The Morgan fingerprint density at radius 2 is 1.67 bits per heavy atom. The molecule has 0 aromatic carbocycles. The third-order valence-corrected chi connectivity index (χ3v) is 2.01. The lowest BCUT2D eigenvalue weighted by Gasteiger charge is -2.23. The van der Waals surface area contributed by atoms with Crippen LogP contribution in [-0.4, -0.2) is 59.0 Å². The number of rotatable bonds is 6. The Labute approximate surface area is 86.1 Å². The molecule has 4 atom stereocenters. The van der Waals surface area contributed by atoms with Gasteiger partial charge < -0.3 is 20.1 Å². The van der Waals surface area contributed by atoms with Crippen LogP contribution in [0.25, 0.3) is 0 Å². The summed E-state index contributed by atoms with van der Waals surface area (Å²) in [6.45, 7) is 1.11. The minimum absolute atomic E-state index is 0.121. The zero-order chi connectivity index (χ0) is 12.2. The van der Waals surface area contributed by atoms with E-state index >= 15 is 0 Å². The van der Waals surface area contributed by atoms with Crippen molar-refractivity contribution in [2.24, 2.45) is 0 Å². The fraction of sp³-hybridized carbons (Fsp3) is 0.833. The molecular weight excluding hydrogens is 232 g/mol. The van der Waals surface area contributed by atoms with Gasteiger partial charge in [-0.2, -0.15) is 8.42 Å². The van der Waals surface area contributed by atoms with E-state index in [2.05, 4.69) is 4.18 Å². The van der Waals surface area contributed by atoms with Crippen molar-refractivity contribution in [3.63, 3.8) is 0 Å². The zero-order valence-corrected chi connectivity index (χ0v) is 8.53. The Hall–Kier alpha value is -0.580. The minimum atomic E-state index is -4.92. The summed E-state index contributed by atoms with van der Waals surface area (Å²) in [5.41, 5.74) is 0. The Morgan fingerprint density at radius 1 is 1.20 bits per heavy atom. The second-order valence-electron chi connectivity index (χ2n) is 2.85. The number of carbonyl (C=O) groups excluding carboxylic acids is 1. The van der Waals surface area contributed by atoms with E-state index in [4.69, 9.17) is 19.9 Å². The van der Waals surface area contributed by atoms with Gasteiger partial charge in [0.2, 0.25) is 0 Å². The molecule has 0 saturated carbocycles. The van der Waals surface area contributed by atoms with Gasteiger partial charge >= 0.3 is 10.4 Å². The topological polar surface area (TPSA) is 141 Å². The number of aliphatic hydroxyl groups excluding tert-OH is 3. The van der Waals surface area contributed by atoms with Crippen LogP contribution in [0.15, 0.2) is 0 Å². The van der Waals surface area contributed by atoms with Gasteiger partial charge in [-0.15, -0.1) is 0 Å². The molecule has 0 fully saturated rings. The first-order valence-corrected chi connectivity index (χ1v) is 5.20. The van der Waals surface area contributed by atoms with Gasteiger partial charge in [0.05, 0.1) is 6.10 Å². The summed E-state index contributed by atoms with van der Waals surface area (Å²) in [7, 11) is -4.92. The third kappa shape index (κ3) is 5.16. The molecule has 8 nitrogen and oxygen atoms in total. The highest BCUT2D eigenvalue weighted by molar-refractivity contribution is 7.80. The molecule has 0 aliphatic heterocycles. The lowest BCUT2D eigenvalue weighted by molar-refractivity contribution is -0.129. The van der Waals surface area contributed by atoms with Crippen molar-refractivity contribution >= 4 is 16.7 Å². The molecule has 0 radical (unpaired) electrons. The average Bonchev–Trinajstić information content (AvgIpc) is 2.10. The fourth-order valence-corrected chi connectivity index (χ4v) is 1.22. The van der Waals surface area contributed by atoms with Crippen LogP contribution < -0.4 is 0 Å². The van der Waals surface area contributed by atoms with E-state index < -0.39 is 34.8 Å². The van der Waals surface area contributed by atoms with Crippen molar-refractivity contribution in [1.29, 1.82) is 0 Å². The molecule has 0 saturated heterocycles. The summed E-state index contributed by atoms with van der Waals surface area (Å²) in [6.07, 6.45) is -7.24. The van der Waals surface area contributed by atoms with E-state index in [9.17, 15) is 13.2 Å². The summed E-state index contributed by atoms with van der Waals surface area (Å²) in [5.74, 6) is 0. The molecule has 0 unspecified atom stereocenters. The Morgan fingerprint density at radius 3 is 1.93 bits per heavy atom. The zero-order valence-electron chi connectivity index (χ0n) is 7.72. The van der Waals surface area contributed by atoms with E-state index in [0.29, 0.717) is 0 Å². The molecular formula is C6H12O8S. The SMILES string of the molecule is C[C@@H](O)[C@H](O)[C@H](O)[C@H](C=O)OS(=O)(=O)O. The largest absolute Gasteiger partial charge is 0.398 e. The van der Waals surface area contributed by atoms with Crippen molar-refractivity contribution < 1.29 is 37.3 Å². The summed E-state index contributed by atoms with van der Waals surface area (Å²) in [4.78, 5) is 10.3. The number of aldehydes is 1. The van der Waals surface area contributed by atoms with Crippen LogP contribution in [0.1, 0.15) is 6.92 Å². The van der Waals surface area contributed by atoms with Crippen LogP contribution in [0.5, 0.6) is 0 Å². The molecule has 0 aromatic heterocycles. The van der Waals surface area contributed by atoms with Crippen molar-refractivity contribution in [3.8, 4) is 0 Å². The van der Waals surface area contributed by atoms with Crippen LogP contribution in [0.3, 0.4) is 0 Å². The first kappa shape index (κ1) is 14.4. The maximum atomic E-state index is 10.3. The third-order valence-electron chi connectivity index (χ3n) is 1.55. The second-order valence-corrected chi connectivity index (χ2v) is 3.89. The molecule has 15 heavy (non-hydrogen) atoms. The highest BCUT2D eigenvalue weighted by Crippen LogP contribution is 2.08. The average molecular weight is 244 g/mol. The summed E-state index contributed by atoms with van der Waals surface area (Å²) in [6, 6.07) is 0. The summed E-state index contributed by atoms with van der Waals surface area (Å²) in [5, 5.41) is 27.1. The predicted octanol–water partition coefficient (Wildman–Crippen LogP) is -2.52. The van der Waals surface area contributed by atoms with Gasteiger partial charge in [-0.3, -0.25) is 4.55 Å². The Kier molecular flexibility index (Phi) is 5.28. The van der Waals surface area contributed by atoms with Gasteiger partial charge in [0.1, 0.15) is 12.2 Å². The van der Waals surface area contributed by atoms with Gasteiger partial charge in [-0.25, -0.2) is 4.18 Å². The van der Waals surface area contributed by atoms with E-state index in [1.807, 2.05) is 0 Å². The molecule has 0 spiro atoms. The first-order chi connectivity index (χ1) is 6.69. The van der Waals surface area contributed by atoms with Gasteiger partial charge in [0.25, 0.3) is 0 Å². The van der Waals surface area contributed by atoms with Gasteiger partial charge in [-0.05, 0) is 6.92 Å². The molecule has 0 bridgehead atoms. The number of hydrogen-bond acceptors (Lipinski definition) is 7. The minimum Gasteiger partial charge on any atom is -0.391 e. The summed E-state index contributed by atoms with van der Waals surface area (Å²) >= 11 is 0. The standard InChI is InChI=1S/C6H12O8S/c1-3(8)5(9)6(10)4(2-7)14-15(11,12)13/h2-6,8-10H,1H3,(H,11,12,13)/t3-,4+,5+,6-/m1/s1. The highest BCUT2D eigenvalue weighted by atomic mass is 32.3. The van der Waals surface area contributed by atoms with E-state index in [1.54, 1.807) is 0 Å².